The van der Waals surface area contributed by atoms with Crippen LogP contribution in [0, 0.1) is 0 Å². The molecule has 5 heteroatoms. The van der Waals surface area contributed by atoms with Gasteiger partial charge in [0.2, 0.25) is 5.91 Å². The number of benzene rings is 1. The van der Waals surface area contributed by atoms with E-state index in [1.165, 1.54) is 4.90 Å². The smallest absolute Gasteiger partial charge is 0.326 e. The first-order valence-corrected chi connectivity index (χ1v) is 6.77. The molecule has 0 bridgehead atoms. The Morgan fingerprint density at radius 3 is 2.85 bits per heavy atom. The monoisotopic (exact) mass is 277 g/mol. The van der Waals surface area contributed by atoms with Crippen LogP contribution in [0.3, 0.4) is 0 Å². The van der Waals surface area contributed by atoms with Crippen LogP contribution >= 0.6 is 0 Å². The van der Waals surface area contributed by atoms with Crippen LogP contribution in [0.1, 0.15) is 24.8 Å². The van der Waals surface area contributed by atoms with E-state index in [-0.39, 0.29) is 5.91 Å². The molecule has 108 valence electrons. The van der Waals surface area contributed by atoms with Crippen molar-refractivity contribution in [1.82, 2.24) is 4.90 Å². The Labute approximate surface area is 118 Å². The van der Waals surface area contributed by atoms with Gasteiger partial charge in [-0.3, -0.25) is 4.79 Å². The van der Waals surface area contributed by atoms with Gasteiger partial charge in [-0.1, -0.05) is 18.2 Å². The minimum atomic E-state index is -0.909. The number of carboxylic acid groups (broad SMARTS) is 1. The lowest BCUT2D eigenvalue weighted by Crippen LogP contribution is -2.40. The zero-order valence-electron chi connectivity index (χ0n) is 11.5. The number of aliphatic carboxylic acids is 1. The topological polar surface area (TPSA) is 66.8 Å². The Morgan fingerprint density at radius 2 is 2.15 bits per heavy atom. The van der Waals surface area contributed by atoms with Gasteiger partial charge >= 0.3 is 5.97 Å². The summed E-state index contributed by atoms with van der Waals surface area (Å²) in [5, 5.41) is 9.09. The Balaban J connectivity index is 1.97. The maximum Gasteiger partial charge on any atom is 0.326 e. The molecule has 0 aliphatic carbocycles. The highest BCUT2D eigenvalue weighted by Gasteiger charge is 2.33. The zero-order chi connectivity index (χ0) is 14.5. The summed E-state index contributed by atoms with van der Waals surface area (Å²) < 4.78 is 5.24. The average molecular weight is 277 g/mol. The van der Waals surface area contributed by atoms with Crippen molar-refractivity contribution in [3.8, 4) is 5.75 Å². The molecule has 1 saturated heterocycles. The lowest BCUT2D eigenvalue weighted by atomic mass is 10.1. The van der Waals surface area contributed by atoms with Gasteiger partial charge in [-0.05, 0) is 30.9 Å². The fourth-order valence-electron chi connectivity index (χ4n) is 2.62. The van der Waals surface area contributed by atoms with Crippen molar-refractivity contribution in [2.45, 2.75) is 31.7 Å². The van der Waals surface area contributed by atoms with E-state index in [1.807, 2.05) is 24.3 Å². The second-order valence-corrected chi connectivity index (χ2v) is 4.90. The first-order chi connectivity index (χ1) is 9.63. The van der Waals surface area contributed by atoms with E-state index in [9.17, 15) is 9.59 Å². The molecule has 1 N–H and O–H groups in total. The van der Waals surface area contributed by atoms with E-state index in [0.29, 0.717) is 25.8 Å². The highest BCUT2D eigenvalue weighted by Crippen LogP contribution is 2.22. The molecule has 5 nitrogen and oxygen atoms in total. The molecule has 1 heterocycles. The molecule has 0 radical (unpaired) electrons. The second-order valence-electron chi connectivity index (χ2n) is 4.90. The van der Waals surface area contributed by atoms with Crippen LogP contribution in [0.25, 0.3) is 0 Å². The van der Waals surface area contributed by atoms with Crippen molar-refractivity contribution in [3.63, 3.8) is 0 Å². The van der Waals surface area contributed by atoms with Crippen LogP contribution in [0.15, 0.2) is 24.3 Å². The van der Waals surface area contributed by atoms with Gasteiger partial charge in [0, 0.05) is 13.0 Å². The summed E-state index contributed by atoms with van der Waals surface area (Å²) in [4.78, 5) is 24.7. The van der Waals surface area contributed by atoms with Crippen LogP contribution in [0.5, 0.6) is 5.75 Å². The molecule has 0 saturated carbocycles. The number of carboxylic acids is 1. The van der Waals surface area contributed by atoms with Crippen LogP contribution in [-0.4, -0.2) is 41.6 Å². The number of amides is 1. The third-order valence-corrected chi connectivity index (χ3v) is 3.66. The Hall–Kier alpha value is -2.04. The van der Waals surface area contributed by atoms with Gasteiger partial charge in [0.05, 0.1) is 7.11 Å². The molecule has 1 fully saturated rings. The fourth-order valence-corrected chi connectivity index (χ4v) is 2.62. The zero-order valence-corrected chi connectivity index (χ0v) is 11.5. The largest absolute Gasteiger partial charge is 0.496 e. The standard InChI is InChI=1S/C15H19NO4/c1-20-13-7-3-2-5-11(13)8-9-14(17)16-10-4-6-12(16)15(18)19/h2-3,5,7,12H,4,6,8-10H2,1H3,(H,18,19). The van der Waals surface area contributed by atoms with E-state index in [0.717, 1.165) is 17.7 Å². The SMILES string of the molecule is COc1ccccc1CCC(=O)N1CCCC1C(=O)O. The van der Waals surface area contributed by atoms with Crippen LogP contribution in [0.2, 0.25) is 0 Å². The fraction of sp³-hybridized carbons (Fsp3) is 0.467. The van der Waals surface area contributed by atoms with E-state index < -0.39 is 12.0 Å². The van der Waals surface area contributed by atoms with Gasteiger partial charge in [-0.2, -0.15) is 0 Å². The number of nitrogens with zero attached hydrogens (tertiary/aromatic N) is 1. The molecule has 1 aliphatic heterocycles. The number of rotatable bonds is 5. The molecule has 0 spiro atoms. The number of carbonyl (C=O) groups is 2. The Bertz CT molecular complexity index is 500. The van der Waals surface area contributed by atoms with Crippen molar-refractivity contribution in [2.24, 2.45) is 0 Å². The number of hydrogen-bond donors (Lipinski definition) is 1. The van der Waals surface area contributed by atoms with Crippen LogP contribution in [0.4, 0.5) is 0 Å². The summed E-state index contributed by atoms with van der Waals surface area (Å²) in [6.45, 7) is 0.543. The van der Waals surface area contributed by atoms with Gasteiger partial charge in [0.25, 0.3) is 0 Å². The quantitative estimate of drug-likeness (QED) is 0.889. The molecule has 1 aromatic carbocycles. The molecule has 1 aliphatic rings. The number of aryl methyl sites for hydroxylation is 1. The maximum absolute atomic E-state index is 12.2. The van der Waals surface area contributed by atoms with Gasteiger partial charge in [0.1, 0.15) is 11.8 Å². The number of hydrogen-bond acceptors (Lipinski definition) is 3. The summed E-state index contributed by atoms with van der Waals surface area (Å²) in [6.07, 6.45) is 2.18. The van der Waals surface area contributed by atoms with E-state index >= 15 is 0 Å². The molecule has 2 rings (SSSR count). The molecule has 20 heavy (non-hydrogen) atoms. The minimum Gasteiger partial charge on any atom is -0.496 e. The first-order valence-electron chi connectivity index (χ1n) is 6.77. The number of para-hydroxylation sites is 1. The molecule has 1 aromatic rings. The summed E-state index contributed by atoms with van der Waals surface area (Å²) >= 11 is 0. The molecule has 1 amide bonds. The van der Waals surface area contributed by atoms with Crippen molar-refractivity contribution < 1.29 is 19.4 Å². The van der Waals surface area contributed by atoms with E-state index in [2.05, 4.69) is 0 Å². The molecular weight excluding hydrogens is 258 g/mol. The van der Waals surface area contributed by atoms with E-state index in [1.54, 1.807) is 7.11 Å². The van der Waals surface area contributed by atoms with Crippen molar-refractivity contribution in [3.05, 3.63) is 29.8 Å². The molecule has 0 aromatic heterocycles. The Kier molecular flexibility index (Phi) is 4.61. The summed E-state index contributed by atoms with van der Waals surface area (Å²) in [5.41, 5.74) is 0.967. The minimum absolute atomic E-state index is 0.0965. The van der Waals surface area contributed by atoms with Crippen molar-refractivity contribution >= 4 is 11.9 Å². The number of methoxy groups -OCH3 is 1. The average Bonchev–Trinajstić information content (AvgIpc) is 2.94. The highest BCUT2D eigenvalue weighted by molar-refractivity contribution is 5.84. The van der Waals surface area contributed by atoms with Gasteiger partial charge < -0.3 is 14.7 Å². The number of ether oxygens (including phenoxy) is 1. The lowest BCUT2D eigenvalue weighted by Gasteiger charge is -2.21. The molecule has 1 atom stereocenters. The van der Waals surface area contributed by atoms with Crippen molar-refractivity contribution in [1.29, 1.82) is 0 Å². The summed E-state index contributed by atoms with van der Waals surface area (Å²) in [6, 6.07) is 6.91. The normalized spacial score (nSPS) is 18.1. The van der Waals surface area contributed by atoms with Gasteiger partial charge in [-0.25, -0.2) is 4.79 Å². The van der Waals surface area contributed by atoms with Crippen LogP contribution in [-0.2, 0) is 16.0 Å². The molecule has 1 unspecified atom stereocenters. The van der Waals surface area contributed by atoms with Crippen molar-refractivity contribution in [2.75, 3.05) is 13.7 Å². The predicted octanol–water partition coefficient (Wildman–Crippen LogP) is 1.70. The summed E-state index contributed by atoms with van der Waals surface area (Å²) in [7, 11) is 1.60. The van der Waals surface area contributed by atoms with Crippen LogP contribution < -0.4 is 4.74 Å². The number of carbonyl (C=O) groups excluding carboxylic acids is 1. The van der Waals surface area contributed by atoms with Gasteiger partial charge in [0.15, 0.2) is 0 Å². The molecular formula is C15H19NO4. The first kappa shape index (κ1) is 14.4. The van der Waals surface area contributed by atoms with E-state index in [4.69, 9.17) is 9.84 Å². The predicted molar refractivity (Wildman–Crippen MR) is 73.7 cm³/mol. The maximum atomic E-state index is 12.2. The summed E-state index contributed by atoms with van der Waals surface area (Å²) in [5.74, 6) is -0.245. The second kappa shape index (κ2) is 6.41. The third kappa shape index (κ3) is 3.10. The van der Waals surface area contributed by atoms with Gasteiger partial charge in [-0.15, -0.1) is 0 Å². The lowest BCUT2D eigenvalue weighted by molar-refractivity contribution is -0.148. The third-order valence-electron chi connectivity index (χ3n) is 3.66. The highest BCUT2D eigenvalue weighted by atomic mass is 16.5. The Morgan fingerprint density at radius 1 is 1.40 bits per heavy atom. The number of likely N-dealkylation sites (tertiary alicyclic amines) is 1.